The highest BCUT2D eigenvalue weighted by molar-refractivity contribution is 5.98. The van der Waals surface area contributed by atoms with Crippen molar-refractivity contribution in [3.63, 3.8) is 0 Å². The van der Waals surface area contributed by atoms with Crippen LogP contribution in [0.25, 0.3) is 0 Å². The number of ether oxygens (including phenoxy) is 2. The number of rotatable bonds is 6. The topological polar surface area (TPSA) is 97.8 Å². The van der Waals surface area contributed by atoms with Gasteiger partial charge in [0, 0.05) is 30.5 Å². The molecular weight excluding hydrogens is 350 g/mol. The summed E-state index contributed by atoms with van der Waals surface area (Å²) in [5.74, 6) is -0.994. The molecule has 0 aliphatic carbocycles. The smallest absolute Gasteiger partial charge is 0.344 e. The van der Waals surface area contributed by atoms with Crippen molar-refractivity contribution >= 4 is 29.2 Å². The molecule has 1 fully saturated rings. The molecule has 0 saturated carbocycles. The Morgan fingerprint density at radius 3 is 2.85 bits per heavy atom. The number of pyridine rings is 1. The summed E-state index contributed by atoms with van der Waals surface area (Å²) in [5.41, 5.74) is 1.39. The largest absolute Gasteiger partial charge is 0.480 e. The maximum Gasteiger partial charge on any atom is 0.344 e. The van der Waals surface area contributed by atoms with E-state index < -0.39 is 18.5 Å². The Bertz CT molecular complexity index is 868. The third kappa shape index (κ3) is 4.41. The van der Waals surface area contributed by atoms with Crippen LogP contribution in [0.1, 0.15) is 23.2 Å². The van der Waals surface area contributed by atoms with E-state index in [-0.39, 0.29) is 17.4 Å². The Morgan fingerprint density at radius 2 is 2.11 bits per heavy atom. The minimum absolute atomic E-state index is 0.0674. The van der Waals surface area contributed by atoms with Crippen LogP contribution in [0.15, 0.2) is 42.6 Å². The number of benzene rings is 1. The number of aromatic nitrogens is 1. The first-order valence-electron chi connectivity index (χ1n) is 8.45. The van der Waals surface area contributed by atoms with Crippen molar-refractivity contribution in [3.8, 4) is 5.88 Å². The summed E-state index contributed by atoms with van der Waals surface area (Å²) in [6.07, 6.45) is 2.84. The number of nitrogens with one attached hydrogen (secondary N) is 1. The van der Waals surface area contributed by atoms with Crippen molar-refractivity contribution in [2.75, 3.05) is 30.5 Å². The van der Waals surface area contributed by atoms with Gasteiger partial charge in [-0.05, 0) is 36.8 Å². The summed E-state index contributed by atoms with van der Waals surface area (Å²) in [4.78, 5) is 41.6. The second kappa shape index (κ2) is 8.31. The summed E-state index contributed by atoms with van der Waals surface area (Å²) in [7, 11) is 1.39. The Labute approximate surface area is 156 Å². The summed E-state index contributed by atoms with van der Waals surface area (Å²) < 4.78 is 10.0. The molecule has 1 N–H and O–H groups in total. The van der Waals surface area contributed by atoms with Crippen molar-refractivity contribution < 1.29 is 23.9 Å². The van der Waals surface area contributed by atoms with Crippen LogP contribution in [0, 0.1) is 0 Å². The first-order chi connectivity index (χ1) is 13.1. The van der Waals surface area contributed by atoms with E-state index in [1.165, 1.54) is 19.4 Å². The molecule has 0 unspecified atom stereocenters. The number of hydrogen-bond acceptors (Lipinski definition) is 6. The molecule has 1 aromatic carbocycles. The zero-order chi connectivity index (χ0) is 19.2. The van der Waals surface area contributed by atoms with Gasteiger partial charge in [-0.1, -0.05) is 6.07 Å². The van der Waals surface area contributed by atoms with Crippen molar-refractivity contribution in [1.29, 1.82) is 0 Å². The van der Waals surface area contributed by atoms with Crippen LogP contribution >= 0.6 is 0 Å². The molecule has 0 atom stereocenters. The number of carbonyl (C=O) groups excluding carboxylic acids is 3. The molecule has 2 aromatic rings. The van der Waals surface area contributed by atoms with Gasteiger partial charge in [0.2, 0.25) is 11.8 Å². The molecule has 3 rings (SSSR count). The minimum atomic E-state index is -0.702. The third-order valence-electron chi connectivity index (χ3n) is 4.03. The highest BCUT2D eigenvalue weighted by Gasteiger charge is 2.22. The van der Waals surface area contributed by atoms with Gasteiger partial charge in [0.25, 0.3) is 5.91 Å². The van der Waals surface area contributed by atoms with Crippen molar-refractivity contribution in [2.45, 2.75) is 12.8 Å². The third-order valence-corrected chi connectivity index (χ3v) is 4.03. The van der Waals surface area contributed by atoms with Gasteiger partial charge >= 0.3 is 5.97 Å². The zero-order valence-corrected chi connectivity index (χ0v) is 14.8. The highest BCUT2D eigenvalue weighted by Crippen LogP contribution is 2.24. The van der Waals surface area contributed by atoms with E-state index in [1.54, 1.807) is 29.2 Å². The van der Waals surface area contributed by atoms with Gasteiger partial charge in [-0.3, -0.25) is 9.59 Å². The lowest BCUT2D eigenvalue weighted by Gasteiger charge is -2.16. The predicted molar refractivity (Wildman–Crippen MR) is 97.7 cm³/mol. The van der Waals surface area contributed by atoms with Crippen LogP contribution in [0.4, 0.5) is 11.4 Å². The highest BCUT2D eigenvalue weighted by atomic mass is 16.5. The van der Waals surface area contributed by atoms with Gasteiger partial charge in [-0.15, -0.1) is 0 Å². The van der Waals surface area contributed by atoms with Gasteiger partial charge in [-0.25, -0.2) is 9.78 Å². The van der Waals surface area contributed by atoms with Gasteiger partial charge in [0.1, 0.15) is 5.56 Å². The Hall–Kier alpha value is -3.42. The molecule has 8 nitrogen and oxygen atoms in total. The first kappa shape index (κ1) is 18.4. The molecule has 1 aliphatic heterocycles. The maximum atomic E-state index is 12.1. The van der Waals surface area contributed by atoms with E-state index in [0.717, 1.165) is 12.1 Å². The van der Waals surface area contributed by atoms with E-state index in [2.05, 4.69) is 10.3 Å². The van der Waals surface area contributed by atoms with Crippen molar-refractivity contribution in [1.82, 2.24) is 4.98 Å². The Kier molecular flexibility index (Phi) is 5.65. The number of hydrogen-bond donors (Lipinski definition) is 1. The van der Waals surface area contributed by atoms with Crippen molar-refractivity contribution in [2.24, 2.45) is 0 Å². The number of anilines is 2. The average molecular weight is 369 g/mol. The number of esters is 1. The number of nitrogens with zero attached hydrogens (tertiary/aromatic N) is 2. The average Bonchev–Trinajstić information content (AvgIpc) is 3.12. The molecule has 1 saturated heterocycles. The van der Waals surface area contributed by atoms with Crippen LogP contribution < -0.4 is 15.0 Å². The van der Waals surface area contributed by atoms with Gasteiger partial charge < -0.3 is 19.7 Å². The first-order valence-corrected chi connectivity index (χ1v) is 8.45. The fourth-order valence-electron chi connectivity index (χ4n) is 2.79. The fraction of sp³-hybridized carbons (Fsp3) is 0.263. The monoisotopic (exact) mass is 369 g/mol. The number of methoxy groups -OCH3 is 1. The predicted octanol–water partition coefficient (Wildman–Crippen LogP) is 2.01. The molecule has 2 heterocycles. The normalized spacial score (nSPS) is 13.4. The molecule has 1 aromatic heterocycles. The number of amides is 2. The lowest BCUT2D eigenvalue weighted by Crippen LogP contribution is -2.24. The molecule has 2 amide bonds. The Balaban J connectivity index is 1.58. The second-order valence-corrected chi connectivity index (χ2v) is 5.88. The zero-order valence-electron chi connectivity index (χ0n) is 14.8. The lowest BCUT2D eigenvalue weighted by molar-refractivity contribution is -0.119. The van der Waals surface area contributed by atoms with Crippen LogP contribution in [-0.4, -0.2) is 43.0 Å². The van der Waals surface area contributed by atoms with E-state index in [9.17, 15) is 14.4 Å². The second-order valence-electron chi connectivity index (χ2n) is 5.88. The van der Waals surface area contributed by atoms with Crippen LogP contribution in [0.2, 0.25) is 0 Å². The summed E-state index contributed by atoms with van der Waals surface area (Å²) in [6, 6.07) is 10.1. The van der Waals surface area contributed by atoms with Crippen LogP contribution in [0.3, 0.4) is 0 Å². The number of carbonyl (C=O) groups is 3. The van der Waals surface area contributed by atoms with Gasteiger partial charge in [0.05, 0.1) is 7.11 Å². The molecule has 0 spiro atoms. The summed E-state index contributed by atoms with van der Waals surface area (Å²) in [6.45, 7) is 0.213. The molecule has 0 bridgehead atoms. The van der Waals surface area contributed by atoms with Crippen LogP contribution in [-0.2, 0) is 14.3 Å². The van der Waals surface area contributed by atoms with E-state index >= 15 is 0 Å². The van der Waals surface area contributed by atoms with Crippen molar-refractivity contribution in [3.05, 3.63) is 48.2 Å². The molecule has 1 aliphatic rings. The molecule has 27 heavy (non-hydrogen) atoms. The van der Waals surface area contributed by atoms with E-state index in [0.29, 0.717) is 18.7 Å². The van der Waals surface area contributed by atoms with Crippen LogP contribution in [0.5, 0.6) is 5.88 Å². The Morgan fingerprint density at radius 1 is 1.26 bits per heavy atom. The molecule has 8 heteroatoms. The molecular formula is C19H19N3O5. The minimum Gasteiger partial charge on any atom is -0.480 e. The lowest BCUT2D eigenvalue weighted by atomic mass is 10.2. The summed E-state index contributed by atoms with van der Waals surface area (Å²) >= 11 is 0. The summed E-state index contributed by atoms with van der Waals surface area (Å²) in [5, 5.41) is 2.66. The standard InChI is InChI=1S/C19H19N3O5/c1-26-18-15(7-3-9-20-18)19(25)27-12-16(23)21-13-5-2-6-14(11-13)22-10-4-8-17(22)24/h2-3,5-7,9,11H,4,8,10,12H2,1H3,(H,21,23). The van der Waals surface area contributed by atoms with E-state index in [1.807, 2.05) is 6.07 Å². The quantitative estimate of drug-likeness (QED) is 0.782. The van der Waals surface area contributed by atoms with Gasteiger partial charge in [-0.2, -0.15) is 0 Å². The molecule has 140 valence electrons. The fourth-order valence-corrected chi connectivity index (χ4v) is 2.79. The maximum absolute atomic E-state index is 12.1. The molecule has 0 radical (unpaired) electrons. The van der Waals surface area contributed by atoms with E-state index in [4.69, 9.17) is 9.47 Å². The van der Waals surface area contributed by atoms with Gasteiger partial charge in [0.15, 0.2) is 6.61 Å². The SMILES string of the molecule is COc1ncccc1C(=O)OCC(=O)Nc1cccc(N2CCCC2=O)c1.